The Kier molecular flexibility index (Phi) is 6.01. The van der Waals surface area contributed by atoms with Gasteiger partial charge in [0, 0.05) is 23.7 Å². The van der Waals surface area contributed by atoms with Gasteiger partial charge in [-0.1, -0.05) is 48.5 Å². The summed E-state index contributed by atoms with van der Waals surface area (Å²) in [5.41, 5.74) is 0.939. The van der Waals surface area contributed by atoms with E-state index in [1.165, 1.54) is 0 Å². The Morgan fingerprint density at radius 2 is 1.63 bits per heavy atom. The molecule has 5 heteroatoms. The standard InChI is InChI=1S/C22H23NO4/c1-16-9-7-8-14-23(16)20(24)15-27-22(26)19-13-6-5-12-18(19)21(25)17-10-3-2-4-11-17/h2-6,10-13,16H,7-9,14-15H2,1H3. The molecule has 1 aliphatic heterocycles. The average molecular weight is 365 g/mol. The molecule has 1 atom stereocenters. The van der Waals surface area contributed by atoms with E-state index in [2.05, 4.69) is 0 Å². The molecule has 0 aromatic heterocycles. The summed E-state index contributed by atoms with van der Waals surface area (Å²) >= 11 is 0. The van der Waals surface area contributed by atoms with Crippen molar-refractivity contribution in [3.8, 4) is 0 Å². The first-order valence-corrected chi connectivity index (χ1v) is 9.23. The van der Waals surface area contributed by atoms with E-state index < -0.39 is 5.97 Å². The van der Waals surface area contributed by atoms with E-state index in [-0.39, 0.29) is 35.5 Å². The molecule has 1 unspecified atom stereocenters. The fraction of sp³-hybridized carbons (Fsp3) is 0.318. The number of esters is 1. The van der Waals surface area contributed by atoms with Gasteiger partial charge in [-0.2, -0.15) is 0 Å². The van der Waals surface area contributed by atoms with E-state index in [1.54, 1.807) is 53.4 Å². The molecule has 0 radical (unpaired) electrons. The first kappa shape index (κ1) is 18.8. The molecule has 0 spiro atoms. The summed E-state index contributed by atoms with van der Waals surface area (Å²) in [7, 11) is 0. The normalized spacial score (nSPS) is 16.6. The molecule has 2 aromatic carbocycles. The van der Waals surface area contributed by atoms with Gasteiger partial charge in [0.25, 0.3) is 5.91 Å². The van der Waals surface area contributed by atoms with E-state index in [0.29, 0.717) is 12.1 Å². The van der Waals surface area contributed by atoms with Crippen molar-refractivity contribution in [3.05, 3.63) is 71.3 Å². The maximum absolute atomic E-state index is 12.7. The second kappa shape index (κ2) is 8.62. The Balaban J connectivity index is 1.70. The third kappa shape index (κ3) is 4.42. The van der Waals surface area contributed by atoms with Crippen LogP contribution < -0.4 is 0 Å². The van der Waals surface area contributed by atoms with Gasteiger partial charge in [0.05, 0.1) is 5.56 Å². The lowest BCUT2D eigenvalue weighted by molar-refractivity contribution is -0.137. The topological polar surface area (TPSA) is 63.7 Å². The van der Waals surface area contributed by atoms with Crippen molar-refractivity contribution in [2.75, 3.05) is 13.2 Å². The average Bonchev–Trinajstić information content (AvgIpc) is 2.72. The number of amides is 1. The highest BCUT2D eigenvalue weighted by atomic mass is 16.5. The van der Waals surface area contributed by atoms with Gasteiger partial charge < -0.3 is 9.64 Å². The molecule has 3 rings (SSSR count). The van der Waals surface area contributed by atoms with Crippen LogP contribution in [0.4, 0.5) is 0 Å². The lowest BCUT2D eigenvalue weighted by Crippen LogP contribution is -2.44. The number of ketones is 1. The molecular weight excluding hydrogens is 342 g/mol. The first-order chi connectivity index (χ1) is 13.1. The first-order valence-electron chi connectivity index (χ1n) is 9.23. The van der Waals surface area contributed by atoms with Crippen LogP contribution in [-0.2, 0) is 9.53 Å². The Bertz CT molecular complexity index is 831. The molecule has 27 heavy (non-hydrogen) atoms. The van der Waals surface area contributed by atoms with Crippen LogP contribution in [0.3, 0.4) is 0 Å². The zero-order chi connectivity index (χ0) is 19.2. The number of likely N-dealkylation sites (tertiary alicyclic amines) is 1. The summed E-state index contributed by atoms with van der Waals surface area (Å²) in [4.78, 5) is 39.4. The molecule has 1 fully saturated rings. The summed E-state index contributed by atoms with van der Waals surface area (Å²) in [6, 6.07) is 15.4. The van der Waals surface area contributed by atoms with E-state index in [0.717, 1.165) is 19.3 Å². The minimum atomic E-state index is -0.659. The summed E-state index contributed by atoms with van der Waals surface area (Å²) in [6.07, 6.45) is 3.05. The highest BCUT2D eigenvalue weighted by Gasteiger charge is 2.25. The molecule has 0 saturated carbocycles. The molecule has 1 amide bonds. The third-order valence-corrected chi connectivity index (χ3v) is 4.88. The van der Waals surface area contributed by atoms with Crippen molar-refractivity contribution in [2.45, 2.75) is 32.2 Å². The van der Waals surface area contributed by atoms with E-state index in [1.807, 2.05) is 13.0 Å². The largest absolute Gasteiger partial charge is 0.452 e. The number of rotatable bonds is 5. The predicted octanol–water partition coefficient (Wildman–Crippen LogP) is 3.48. The molecule has 1 aliphatic rings. The van der Waals surface area contributed by atoms with Crippen molar-refractivity contribution in [3.63, 3.8) is 0 Å². The molecule has 140 valence electrons. The molecule has 0 aliphatic carbocycles. The summed E-state index contributed by atoms with van der Waals surface area (Å²) in [5, 5.41) is 0. The number of benzene rings is 2. The summed E-state index contributed by atoms with van der Waals surface area (Å²) < 4.78 is 5.24. The minimum Gasteiger partial charge on any atom is -0.452 e. The smallest absolute Gasteiger partial charge is 0.339 e. The van der Waals surface area contributed by atoms with Gasteiger partial charge in [-0.25, -0.2) is 4.79 Å². The van der Waals surface area contributed by atoms with Crippen LogP contribution in [0.1, 0.15) is 52.5 Å². The fourth-order valence-electron chi connectivity index (χ4n) is 3.36. The summed E-state index contributed by atoms with van der Waals surface area (Å²) in [6.45, 7) is 2.39. The number of carbonyl (C=O) groups is 3. The van der Waals surface area contributed by atoms with Crippen LogP contribution in [0.25, 0.3) is 0 Å². The second-order valence-electron chi connectivity index (χ2n) is 6.75. The number of hydrogen-bond acceptors (Lipinski definition) is 4. The van der Waals surface area contributed by atoms with Gasteiger partial charge in [0.1, 0.15) is 0 Å². The maximum atomic E-state index is 12.7. The van der Waals surface area contributed by atoms with Crippen molar-refractivity contribution in [1.29, 1.82) is 0 Å². The van der Waals surface area contributed by atoms with Crippen LogP contribution in [0, 0.1) is 0 Å². The van der Waals surface area contributed by atoms with Crippen molar-refractivity contribution in [2.24, 2.45) is 0 Å². The third-order valence-electron chi connectivity index (χ3n) is 4.88. The van der Waals surface area contributed by atoms with Crippen LogP contribution in [0.15, 0.2) is 54.6 Å². The molecular formula is C22H23NO4. The number of nitrogens with zero attached hydrogens (tertiary/aromatic N) is 1. The van der Waals surface area contributed by atoms with Crippen LogP contribution in [-0.4, -0.2) is 41.8 Å². The molecule has 1 heterocycles. The van der Waals surface area contributed by atoms with Gasteiger partial charge in [-0.3, -0.25) is 9.59 Å². The maximum Gasteiger partial charge on any atom is 0.339 e. The molecule has 0 N–H and O–H groups in total. The lowest BCUT2D eigenvalue weighted by Gasteiger charge is -2.33. The van der Waals surface area contributed by atoms with Gasteiger partial charge in [-0.05, 0) is 32.3 Å². The predicted molar refractivity (Wildman–Crippen MR) is 102 cm³/mol. The van der Waals surface area contributed by atoms with E-state index in [9.17, 15) is 14.4 Å². The zero-order valence-electron chi connectivity index (χ0n) is 15.4. The lowest BCUT2D eigenvalue weighted by atomic mass is 9.98. The summed E-state index contributed by atoms with van der Waals surface area (Å²) in [5.74, 6) is -1.10. The second-order valence-corrected chi connectivity index (χ2v) is 6.75. The van der Waals surface area contributed by atoms with Crippen molar-refractivity contribution < 1.29 is 19.1 Å². The fourth-order valence-corrected chi connectivity index (χ4v) is 3.36. The van der Waals surface area contributed by atoms with Gasteiger partial charge >= 0.3 is 5.97 Å². The number of piperidine rings is 1. The zero-order valence-corrected chi connectivity index (χ0v) is 15.4. The number of ether oxygens (including phenoxy) is 1. The van der Waals surface area contributed by atoms with Crippen LogP contribution >= 0.6 is 0 Å². The number of carbonyl (C=O) groups excluding carboxylic acids is 3. The Morgan fingerprint density at radius 1 is 0.963 bits per heavy atom. The number of hydrogen-bond donors (Lipinski definition) is 0. The molecule has 5 nitrogen and oxygen atoms in total. The highest BCUT2D eigenvalue weighted by Crippen LogP contribution is 2.18. The monoisotopic (exact) mass is 365 g/mol. The molecule has 2 aromatic rings. The Labute approximate surface area is 158 Å². The van der Waals surface area contributed by atoms with Gasteiger partial charge in [0.15, 0.2) is 12.4 Å². The van der Waals surface area contributed by atoms with E-state index >= 15 is 0 Å². The SMILES string of the molecule is CC1CCCCN1C(=O)COC(=O)c1ccccc1C(=O)c1ccccc1. The Morgan fingerprint density at radius 3 is 2.33 bits per heavy atom. The van der Waals surface area contributed by atoms with Crippen molar-refractivity contribution in [1.82, 2.24) is 4.90 Å². The Hall–Kier alpha value is -2.95. The highest BCUT2D eigenvalue weighted by molar-refractivity contribution is 6.14. The molecule has 0 bridgehead atoms. The van der Waals surface area contributed by atoms with Gasteiger partial charge in [0.2, 0.25) is 0 Å². The quantitative estimate of drug-likeness (QED) is 0.601. The molecule has 1 saturated heterocycles. The van der Waals surface area contributed by atoms with E-state index in [4.69, 9.17) is 4.74 Å². The van der Waals surface area contributed by atoms with Crippen LogP contribution in [0.5, 0.6) is 0 Å². The van der Waals surface area contributed by atoms with Crippen molar-refractivity contribution >= 4 is 17.7 Å². The van der Waals surface area contributed by atoms with Crippen LogP contribution in [0.2, 0.25) is 0 Å². The minimum absolute atomic E-state index is 0.164. The van der Waals surface area contributed by atoms with Gasteiger partial charge in [-0.15, -0.1) is 0 Å².